The van der Waals surface area contributed by atoms with E-state index < -0.39 is 0 Å². The van der Waals surface area contributed by atoms with Crippen molar-refractivity contribution in [2.75, 3.05) is 19.6 Å². The van der Waals surface area contributed by atoms with Crippen LogP contribution in [-0.2, 0) is 0 Å². The summed E-state index contributed by atoms with van der Waals surface area (Å²) in [6, 6.07) is 0.723. The van der Waals surface area contributed by atoms with Gasteiger partial charge in [0.05, 0.1) is 0 Å². The Morgan fingerprint density at radius 3 is 2.33 bits per heavy atom. The number of rotatable bonds is 4. The van der Waals surface area contributed by atoms with Crippen LogP contribution in [0.4, 0.5) is 0 Å². The molecule has 2 aliphatic rings. The quantitative estimate of drug-likeness (QED) is 0.827. The van der Waals surface area contributed by atoms with Crippen LogP contribution in [0.3, 0.4) is 0 Å². The van der Waals surface area contributed by atoms with E-state index >= 15 is 0 Å². The first-order valence-electron chi connectivity index (χ1n) is 7.76. The molecular formula is C16H32N2. The molecule has 0 aromatic rings. The van der Waals surface area contributed by atoms with E-state index in [0.717, 1.165) is 24.4 Å². The maximum Gasteiger partial charge on any atom is 0.0278 e. The van der Waals surface area contributed by atoms with Crippen molar-refractivity contribution in [3.8, 4) is 0 Å². The Morgan fingerprint density at radius 2 is 1.89 bits per heavy atom. The van der Waals surface area contributed by atoms with Gasteiger partial charge in [0.1, 0.15) is 0 Å². The minimum Gasteiger partial charge on any atom is -0.309 e. The van der Waals surface area contributed by atoms with Crippen LogP contribution in [-0.4, -0.2) is 36.1 Å². The lowest BCUT2D eigenvalue weighted by Gasteiger charge is -2.48. The fourth-order valence-corrected chi connectivity index (χ4v) is 3.37. The summed E-state index contributed by atoms with van der Waals surface area (Å²) >= 11 is 0. The first-order valence-corrected chi connectivity index (χ1v) is 7.76. The Hall–Kier alpha value is -0.0800. The molecule has 3 unspecified atom stereocenters. The maximum atomic E-state index is 3.78. The van der Waals surface area contributed by atoms with Gasteiger partial charge in [-0.1, -0.05) is 34.6 Å². The van der Waals surface area contributed by atoms with Gasteiger partial charge in [-0.3, -0.25) is 4.90 Å². The molecule has 0 spiro atoms. The van der Waals surface area contributed by atoms with E-state index in [2.05, 4.69) is 51.8 Å². The Labute approximate surface area is 114 Å². The Morgan fingerprint density at radius 1 is 1.28 bits per heavy atom. The Balaban J connectivity index is 2.01. The average molecular weight is 252 g/mol. The van der Waals surface area contributed by atoms with E-state index in [1.54, 1.807) is 0 Å². The van der Waals surface area contributed by atoms with Crippen molar-refractivity contribution >= 4 is 0 Å². The number of hydrogen-bond donors (Lipinski definition) is 1. The lowest BCUT2D eigenvalue weighted by atomic mass is 9.89. The van der Waals surface area contributed by atoms with Crippen LogP contribution in [0.2, 0.25) is 0 Å². The largest absolute Gasteiger partial charge is 0.309 e. The fraction of sp³-hybridized carbons (Fsp3) is 1.00. The van der Waals surface area contributed by atoms with Crippen LogP contribution >= 0.6 is 0 Å². The molecule has 2 nitrogen and oxygen atoms in total. The molecule has 2 fully saturated rings. The number of hydrogen-bond acceptors (Lipinski definition) is 2. The van der Waals surface area contributed by atoms with Gasteiger partial charge in [-0.05, 0) is 37.0 Å². The second kappa shape index (κ2) is 4.79. The smallest absolute Gasteiger partial charge is 0.0278 e. The lowest BCUT2D eigenvalue weighted by molar-refractivity contribution is 0.0537. The van der Waals surface area contributed by atoms with E-state index in [9.17, 15) is 0 Å². The van der Waals surface area contributed by atoms with Crippen LogP contribution in [0.25, 0.3) is 0 Å². The Bertz CT molecular complexity index is 297. The maximum absolute atomic E-state index is 3.78. The monoisotopic (exact) mass is 252 g/mol. The summed E-state index contributed by atoms with van der Waals surface area (Å²) in [6.07, 6.45) is 2.65. The predicted octanol–water partition coefficient (Wildman–Crippen LogP) is 3.13. The zero-order valence-electron chi connectivity index (χ0n) is 13.2. The molecule has 0 amide bonds. The lowest BCUT2D eigenvalue weighted by Crippen LogP contribution is -2.64. The van der Waals surface area contributed by atoms with Crippen LogP contribution in [0.1, 0.15) is 54.4 Å². The molecule has 2 heteroatoms. The van der Waals surface area contributed by atoms with E-state index in [1.807, 2.05) is 0 Å². The SMILES string of the molecule is CCC1(C)CN(CC2CC2(C)C)C(C(C)C)CN1. The summed E-state index contributed by atoms with van der Waals surface area (Å²) in [5.74, 6) is 1.68. The van der Waals surface area contributed by atoms with Crippen molar-refractivity contribution in [1.82, 2.24) is 10.2 Å². The van der Waals surface area contributed by atoms with Gasteiger partial charge in [-0.15, -0.1) is 0 Å². The highest BCUT2D eigenvalue weighted by atomic mass is 15.3. The molecule has 1 heterocycles. The summed E-state index contributed by atoms with van der Waals surface area (Å²) in [6.45, 7) is 18.0. The second-order valence-corrected chi connectivity index (χ2v) is 7.93. The third-order valence-electron chi connectivity index (χ3n) is 5.48. The molecule has 2 rings (SSSR count). The number of nitrogens with one attached hydrogen (secondary N) is 1. The van der Waals surface area contributed by atoms with Crippen LogP contribution < -0.4 is 5.32 Å². The van der Waals surface area contributed by atoms with Gasteiger partial charge in [0.15, 0.2) is 0 Å². The minimum absolute atomic E-state index is 0.324. The van der Waals surface area contributed by atoms with Crippen molar-refractivity contribution in [2.45, 2.75) is 66.0 Å². The molecule has 0 aromatic heterocycles. The molecule has 106 valence electrons. The van der Waals surface area contributed by atoms with Gasteiger partial charge >= 0.3 is 0 Å². The standard InChI is InChI=1S/C16H32N2/c1-7-16(6)11-18(10-13-8-15(13,4)5)14(9-17-16)12(2)3/h12-14,17H,7-11H2,1-6H3. The summed E-state index contributed by atoms with van der Waals surface area (Å²) in [5, 5.41) is 3.78. The molecule has 1 saturated heterocycles. The van der Waals surface area contributed by atoms with Crippen LogP contribution in [0.15, 0.2) is 0 Å². The first-order chi connectivity index (χ1) is 8.27. The topological polar surface area (TPSA) is 15.3 Å². The molecule has 1 aliphatic carbocycles. The third-order valence-corrected chi connectivity index (χ3v) is 5.48. The van der Waals surface area contributed by atoms with E-state index in [4.69, 9.17) is 0 Å². The summed E-state index contributed by atoms with van der Waals surface area (Å²) in [5.41, 5.74) is 0.930. The van der Waals surface area contributed by atoms with Crippen molar-refractivity contribution in [2.24, 2.45) is 17.3 Å². The third kappa shape index (κ3) is 2.91. The minimum atomic E-state index is 0.324. The molecular weight excluding hydrogens is 220 g/mol. The van der Waals surface area contributed by atoms with Gasteiger partial charge in [-0.25, -0.2) is 0 Å². The van der Waals surface area contributed by atoms with E-state index in [0.29, 0.717) is 11.0 Å². The first kappa shape index (κ1) is 14.3. The Kier molecular flexibility index (Phi) is 3.81. The molecule has 0 aromatic carbocycles. The van der Waals surface area contributed by atoms with Crippen molar-refractivity contribution in [3.05, 3.63) is 0 Å². The van der Waals surface area contributed by atoms with Crippen LogP contribution in [0.5, 0.6) is 0 Å². The summed E-state index contributed by atoms with van der Waals surface area (Å²) in [7, 11) is 0. The normalized spacial score (nSPS) is 40.2. The summed E-state index contributed by atoms with van der Waals surface area (Å²) in [4.78, 5) is 2.78. The number of piperazine rings is 1. The second-order valence-electron chi connectivity index (χ2n) is 7.93. The van der Waals surface area contributed by atoms with Gasteiger partial charge < -0.3 is 5.32 Å². The number of nitrogens with zero attached hydrogens (tertiary/aromatic N) is 1. The molecule has 18 heavy (non-hydrogen) atoms. The molecule has 1 saturated carbocycles. The van der Waals surface area contributed by atoms with Gasteiger partial charge in [0.25, 0.3) is 0 Å². The highest BCUT2D eigenvalue weighted by molar-refractivity contribution is 5.01. The molecule has 1 aliphatic heterocycles. The van der Waals surface area contributed by atoms with E-state index in [1.165, 1.54) is 25.9 Å². The zero-order chi connectivity index (χ0) is 13.6. The zero-order valence-corrected chi connectivity index (χ0v) is 13.2. The highest BCUT2D eigenvalue weighted by Crippen LogP contribution is 2.52. The van der Waals surface area contributed by atoms with Gasteiger partial charge in [0, 0.05) is 31.2 Å². The molecule has 0 bridgehead atoms. The molecule has 0 radical (unpaired) electrons. The highest BCUT2D eigenvalue weighted by Gasteiger charge is 2.48. The van der Waals surface area contributed by atoms with Crippen molar-refractivity contribution in [1.29, 1.82) is 0 Å². The van der Waals surface area contributed by atoms with Crippen molar-refractivity contribution < 1.29 is 0 Å². The van der Waals surface area contributed by atoms with Gasteiger partial charge in [0.2, 0.25) is 0 Å². The van der Waals surface area contributed by atoms with Crippen molar-refractivity contribution in [3.63, 3.8) is 0 Å². The van der Waals surface area contributed by atoms with Crippen LogP contribution in [0, 0.1) is 17.3 Å². The van der Waals surface area contributed by atoms with E-state index in [-0.39, 0.29) is 0 Å². The summed E-state index contributed by atoms with van der Waals surface area (Å²) < 4.78 is 0. The molecule has 3 atom stereocenters. The predicted molar refractivity (Wildman–Crippen MR) is 78.8 cm³/mol. The fourth-order valence-electron chi connectivity index (χ4n) is 3.37. The average Bonchev–Trinajstić information content (AvgIpc) is 2.85. The molecule has 1 N–H and O–H groups in total. The van der Waals surface area contributed by atoms with Gasteiger partial charge in [-0.2, -0.15) is 0 Å².